The van der Waals surface area contributed by atoms with Gasteiger partial charge in [0, 0.05) is 35.7 Å². The van der Waals surface area contributed by atoms with E-state index < -0.39 is 17.1 Å². The molecular formula is C30H34Br2N2O4. The van der Waals surface area contributed by atoms with Crippen molar-refractivity contribution in [2.45, 2.75) is 67.7 Å². The van der Waals surface area contributed by atoms with Crippen molar-refractivity contribution in [3.8, 4) is 11.5 Å². The molecule has 0 aromatic heterocycles. The summed E-state index contributed by atoms with van der Waals surface area (Å²) in [5.74, 6) is 1.31. The highest BCUT2D eigenvalue weighted by Crippen LogP contribution is 2.66. The summed E-state index contributed by atoms with van der Waals surface area (Å²) in [5, 5.41) is 23.4. The molecule has 2 heterocycles. The van der Waals surface area contributed by atoms with Crippen LogP contribution in [0.3, 0.4) is 0 Å². The van der Waals surface area contributed by atoms with E-state index in [1.807, 2.05) is 43.5 Å². The Morgan fingerprint density at radius 2 is 2.05 bits per heavy atom. The van der Waals surface area contributed by atoms with Gasteiger partial charge in [-0.05, 0) is 86.4 Å². The highest BCUT2D eigenvalue weighted by Gasteiger charge is 2.73. The van der Waals surface area contributed by atoms with E-state index in [1.165, 1.54) is 18.4 Å². The first-order valence-corrected chi connectivity index (χ1v) is 14.3. The predicted octanol–water partition coefficient (Wildman–Crippen LogP) is 4.84. The van der Waals surface area contributed by atoms with Crippen LogP contribution in [0.5, 0.6) is 11.5 Å². The summed E-state index contributed by atoms with van der Waals surface area (Å²) in [6.07, 6.45) is 8.46. The van der Waals surface area contributed by atoms with Crippen LogP contribution in [0.25, 0.3) is 6.08 Å². The molecule has 3 aliphatic carbocycles. The smallest absolute Gasteiger partial charge is 0.246 e. The highest BCUT2D eigenvalue weighted by atomic mass is 79.9. The molecule has 2 aromatic rings. The number of phenolic OH excluding ortho intramolecular Hbond substituents is 1. The molecule has 5 atom stereocenters. The fourth-order valence-corrected chi connectivity index (χ4v) is 8.33. The second kappa shape index (κ2) is 9.36. The first-order valence-electron chi connectivity index (χ1n) is 13.5. The Morgan fingerprint density at radius 3 is 2.82 bits per heavy atom. The summed E-state index contributed by atoms with van der Waals surface area (Å²) < 4.78 is 7.58. The van der Waals surface area contributed by atoms with Crippen LogP contribution in [0, 0.1) is 5.92 Å². The van der Waals surface area contributed by atoms with Gasteiger partial charge in [0.05, 0.1) is 17.1 Å². The molecule has 38 heavy (non-hydrogen) atoms. The summed E-state index contributed by atoms with van der Waals surface area (Å²) in [7, 11) is 1.84. The van der Waals surface area contributed by atoms with Crippen molar-refractivity contribution in [1.29, 1.82) is 0 Å². The standard InChI is InChI=1S/C30H33BrN2O4.BrH/c1-32(25(35)10-7-18-3-2-4-21(31)15-18)22-11-12-30(36)24-16-20-8-9-23(34)27-26(20)29(30,28(22)37-27)13-14-33(24)17-19-5-6-19;/h2-4,7-10,15,19,22,24,28,34,36H,5-6,11-14,16-17H2,1H3;1H/t22-,24-,28+,29+,30-;/m1./s1. The number of nitrogens with zero attached hydrogens (tertiary/aromatic N) is 2. The molecule has 1 saturated heterocycles. The maximum Gasteiger partial charge on any atom is 0.246 e. The van der Waals surface area contributed by atoms with E-state index in [0.717, 1.165) is 47.4 Å². The molecule has 6 nitrogen and oxygen atoms in total. The second-order valence-corrected chi connectivity index (χ2v) is 12.6. The molecule has 2 N–H and O–H groups in total. The number of likely N-dealkylation sites (N-methyl/N-ethyl adjacent to an activating group) is 1. The van der Waals surface area contributed by atoms with Gasteiger partial charge < -0.3 is 19.8 Å². The molecule has 2 aromatic carbocycles. The van der Waals surface area contributed by atoms with Gasteiger partial charge in [-0.3, -0.25) is 9.69 Å². The molecular weight excluding hydrogens is 612 g/mol. The minimum absolute atomic E-state index is 0. The Balaban J connectivity index is 0.00000264. The average Bonchev–Trinajstić information content (AvgIpc) is 3.62. The maximum atomic E-state index is 13.4. The minimum Gasteiger partial charge on any atom is -0.504 e. The van der Waals surface area contributed by atoms with Gasteiger partial charge >= 0.3 is 0 Å². The fourth-order valence-electron chi connectivity index (χ4n) is 7.91. The zero-order chi connectivity index (χ0) is 25.5. The largest absolute Gasteiger partial charge is 0.504 e. The Morgan fingerprint density at radius 1 is 1.24 bits per heavy atom. The lowest BCUT2D eigenvalue weighted by molar-refractivity contribution is -0.200. The van der Waals surface area contributed by atoms with Crippen LogP contribution in [-0.2, 0) is 16.6 Å². The summed E-state index contributed by atoms with van der Waals surface area (Å²) in [4.78, 5) is 17.7. The van der Waals surface area contributed by atoms with Crippen molar-refractivity contribution in [3.05, 3.63) is 63.6 Å². The van der Waals surface area contributed by atoms with Gasteiger partial charge in [-0.2, -0.15) is 0 Å². The predicted molar refractivity (Wildman–Crippen MR) is 155 cm³/mol. The minimum atomic E-state index is -0.941. The van der Waals surface area contributed by atoms with Crippen LogP contribution in [0.4, 0.5) is 0 Å². The number of aromatic hydroxyl groups is 1. The summed E-state index contributed by atoms with van der Waals surface area (Å²) in [6, 6.07) is 11.4. The van der Waals surface area contributed by atoms with Gasteiger partial charge in [-0.15, -0.1) is 17.0 Å². The van der Waals surface area contributed by atoms with E-state index in [9.17, 15) is 15.0 Å². The quantitative estimate of drug-likeness (QED) is 0.456. The molecule has 5 aliphatic rings. The number of phenols is 1. The number of ether oxygens (including phenoxy) is 1. The third kappa shape index (κ3) is 3.74. The average molecular weight is 646 g/mol. The van der Waals surface area contributed by atoms with Crippen molar-refractivity contribution in [1.82, 2.24) is 9.80 Å². The van der Waals surface area contributed by atoms with Gasteiger partial charge in [0.15, 0.2) is 11.5 Å². The normalized spacial score (nSPS) is 32.9. The molecule has 1 spiro atoms. The van der Waals surface area contributed by atoms with Crippen molar-refractivity contribution < 1.29 is 19.7 Å². The molecule has 2 saturated carbocycles. The molecule has 2 bridgehead atoms. The third-order valence-corrected chi connectivity index (χ3v) is 10.3. The van der Waals surface area contributed by atoms with Gasteiger partial charge in [-0.25, -0.2) is 0 Å². The zero-order valence-corrected chi connectivity index (χ0v) is 24.8. The van der Waals surface area contributed by atoms with Gasteiger partial charge in [-0.1, -0.05) is 34.1 Å². The van der Waals surface area contributed by atoms with E-state index in [-0.39, 0.29) is 40.7 Å². The summed E-state index contributed by atoms with van der Waals surface area (Å²) >= 11 is 3.48. The van der Waals surface area contributed by atoms with Crippen LogP contribution < -0.4 is 4.74 Å². The van der Waals surface area contributed by atoms with Gasteiger partial charge in [0.25, 0.3) is 0 Å². The lowest BCUT2D eigenvalue weighted by Gasteiger charge is -2.64. The Kier molecular flexibility index (Phi) is 6.49. The Bertz CT molecular complexity index is 1310. The van der Waals surface area contributed by atoms with E-state index in [1.54, 1.807) is 17.0 Å². The molecule has 2 aliphatic heterocycles. The maximum absolute atomic E-state index is 13.4. The monoisotopic (exact) mass is 644 g/mol. The Labute approximate surface area is 242 Å². The van der Waals surface area contributed by atoms with Crippen LogP contribution in [0.15, 0.2) is 46.9 Å². The number of halogens is 2. The van der Waals surface area contributed by atoms with Crippen molar-refractivity contribution in [2.24, 2.45) is 5.92 Å². The number of aliphatic hydroxyl groups is 1. The second-order valence-electron chi connectivity index (χ2n) is 11.7. The SMILES string of the molecule is Br.CN(C(=O)C=Cc1cccc(Br)c1)[C@@H]1CC[C@@]2(O)[C@H]3Cc4ccc(O)c5c4[C@@]2(CCN3CC2CC2)[C@H]1O5. The molecule has 0 unspecified atom stereocenters. The summed E-state index contributed by atoms with van der Waals surface area (Å²) in [5.41, 5.74) is 1.56. The van der Waals surface area contributed by atoms with Crippen LogP contribution >= 0.6 is 32.9 Å². The van der Waals surface area contributed by atoms with E-state index in [2.05, 4.69) is 20.8 Å². The number of rotatable bonds is 5. The van der Waals surface area contributed by atoms with E-state index >= 15 is 0 Å². The van der Waals surface area contributed by atoms with Crippen LogP contribution in [0.1, 0.15) is 48.8 Å². The molecule has 7 rings (SSSR count). The lowest BCUT2D eigenvalue weighted by atomic mass is 9.48. The van der Waals surface area contributed by atoms with Crippen LogP contribution in [0.2, 0.25) is 0 Å². The number of hydrogen-bond donors (Lipinski definition) is 2. The molecule has 1 amide bonds. The number of likely N-dealkylation sites (tertiary alicyclic amines) is 1. The van der Waals surface area contributed by atoms with Crippen LogP contribution in [-0.4, -0.2) is 69.8 Å². The van der Waals surface area contributed by atoms with E-state index in [0.29, 0.717) is 18.6 Å². The van der Waals surface area contributed by atoms with Crippen molar-refractivity contribution >= 4 is 44.9 Å². The van der Waals surface area contributed by atoms with Crippen molar-refractivity contribution in [3.63, 3.8) is 0 Å². The summed E-state index contributed by atoms with van der Waals surface area (Å²) in [6.45, 7) is 1.96. The van der Waals surface area contributed by atoms with Gasteiger partial charge in [0.1, 0.15) is 6.10 Å². The first kappa shape index (κ1) is 26.4. The first-order chi connectivity index (χ1) is 17.8. The van der Waals surface area contributed by atoms with E-state index in [4.69, 9.17) is 4.74 Å². The molecule has 3 fully saturated rings. The lowest BCUT2D eigenvalue weighted by Crippen LogP contribution is -2.78. The number of amides is 1. The van der Waals surface area contributed by atoms with Crippen molar-refractivity contribution in [2.75, 3.05) is 20.1 Å². The number of carbonyl (C=O) groups is 1. The molecule has 8 heteroatoms. The zero-order valence-electron chi connectivity index (χ0n) is 21.5. The van der Waals surface area contributed by atoms with Gasteiger partial charge in [0.2, 0.25) is 5.91 Å². The fraction of sp³-hybridized carbons (Fsp3) is 0.500. The highest BCUT2D eigenvalue weighted by molar-refractivity contribution is 9.10. The molecule has 0 radical (unpaired) electrons. The Hall–Kier alpha value is -1.87. The number of hydrogen-bond acceptors (Lipinski definition) is 5. The number of benzene rings is 2. The third-order valence-electron chi connectivity index (χ3n) is 9.84. The topological polar surface area (TPSA) is 73.2 Å². The number of piperidine rings is 1. The molecule has 202 valence electrons. The number of carbonyl (C=O) groups excluding carboxylic acids is 1.